The number of halogens is 1. The van der Waals surface area contributed by atoms with E-state index in [1.807, 2.05) is 6.26 Å². The lowest BCUT2D eigenvalue weighted by molar-refractivity contribution is 0.215. The standard InChI is InChI=1S/C23H23BrN2O/c24-19-4-5-22-21(14-19)18(15-25-22)8-12-26-10-6-16(7-11-26)20-3-1-2-17-9-13-27-23(17)20/h1-5,9,13-16,25H,6-8,10-12H2. The third-order valence-electron chi connectivity index (χ3n) is 5.96. The van der Waals surface area contributed by atoms with E-state index in [2.05, 4.69) is 74.5 Å². The number of hydrogen-bond acceptors (Lipinski definition) is 2. The van der Waals surface area contributed by atoms with E-state index in [4.69, 9.17) is 4.42 Å². The number of benzene rings is 2. The van der Waals surface area contributed by atoms with Gasteiger partial charge < -0.3 is 14.3 Å². The summed E-state index contributed by atoms with van der Waals surface area (Å²) in [6.45, 7) is 3.44. The fraction of sp³-hybridized carbons (Fsp3) is 0.304. The number of para-hydroxylation sites is 1. The molecule has 1 N–H and O–H groups in total. The molecule has 5 rings (SSSR count). The maximum absolute atomic E-state index is 5.76. The zero-order valence-corrected chi connectivity index (χ0v) is 16.8. The highest BCUT2D eigenvalue weighted by atomic mass is 79.9. The summed E-state index contributed by atoms with van der Waals surface area (Å²) in [7, 11) is 0. The number of nitrogens with zero attached hydrogens (tertiary/aromatic N) is 1. The minimum absolute atomic E-state index is 0.611. The summed E-state index contributed by atoms with van der Waals surface area (Å²) < 4.78 is 6.90. The minimum Gasteiger partial charge on any atom is -0.464 e. The molecule has 1 saturated heterocycles. The topological polar surface area (TPSA) is 32.2 Å². The van der Waals surface area contributed by atoms with Gasteiger partial charge in [-0.3, -0.25) is 0 Å². The lowest BCUT2D eigenvalue weighted by Crippen LogP contribution is -2.34. The second-order valence-corrected chi connectivity index (χ2v) is 8.47. The molecule has 0 saturated carbocycles. The van der Waals surface area contributed by atoms with E-state index in [1.54, 1.807) is 0 Å². The van der Waals surface area contributed by atoms with Gasteiger partial charge in [0.25, 0.3) is 0 Å². The number of rotatable bonds is 4. The van der Waals surface area contributed by atoms with E-state index < -0.39 is 0 Å². The smallest absolute Gasteiger partial charge is 0.137 e. The number of furan rings is 1. The Morgan fingerprint density at radius 2 is 2.00 bits per heavy atom. The molecule has 1 fully saturated rings. The third kappa shape index (κ3) is 3.32. The van der Waals surface area contributed by atoms with Crippen LogP contribution in [0.25, 0.3) is 21.9 Å². The first-order chi connectivity index (χ1) is 13.3. The van der Waals surface area contributed by atoms with Crippen molar-refractivity contribution in [2.75, 3.05) is 19.6 Å². The van der Waals surface area contributed by atoms with E-state index in [9.17, 15) is 0 Å². The Kier molecular flexibility index (Phi) is 4.54. The molecule has 0 bridgehead atoms. The van der Waals surface area contributed by atoms with Crippen LogP contribution < -0.4 is 0 Å². The summed E-state index contributed by atoms with van der Waals surface area (Å²) in [4.78, 5) is 6.00. The van der Waals surface area contributed by atoms with Gasteiger partial charge in [-0.05, 0) is 73.7 Å². The molecule has 3 heterocycles. The fourth-order valence-electron chi connectivity index (χ4n) is 4.44. The van der Waals surface area contributed by atoms with Gasteiger partial charge in [-0.15, -0.1) is 0 Å². The number of H-pyrrole nitrogens is 1. The molecule has 1 aliphatic heterocycles. The normalized spacial score (nSPS) is 16.5. The van der Waals surface area contributed by atoms with Gasteiger partial charge in [0.1, 0.15) is 5.58 Å². The van der Waals surface area contributed by atoms with Crippen LogP contribution >= 0.6 is 15.9 Å². The van der Waals surface area contributed by atoms with Gasteiger partial charge >= 0.3 is 0 Å². The van der Waals surface area contributed by atoms with Gasteiger partial charge in [-0.1, -0.05) is 34.1 Å². The largest absolute Gasteiger partial charge is 0.464 e. The van der Waals surface area contributed by atoms with Crippen LogP contribution in [0.1, 0.15) is 29.9 Å². The molecule has 138 valence electrons. The summed E-state index contributed by atoms with van der Waals surface area (Å²) in [6.07, 6.45) is 7.48. The molecule has 0 atom stereocenters. The van der Waals surface area contributed by atoms with Crippen molar-refractivity contribution < 1.29 is 4.42 Å². The molecule has 2 aromatic heterocycles. The molecule has 3 nitrogen and oxygen atoms in total. The van der Waals surface area contributed by atoms with Crippen LogP contribution in [0.3, 0.4) is 0 Å². The Balaban J connectivity index is 1.23. The molecular formula is C23H23BrN2O. The molecule has 0 radical (unpaired) electrons. The zero-order chi connectivity index (χ0) is 18.2. The monoisotopic (exact) mass is 422 g/mol. The predicted octanol–water partition coefficient (Wildman–Crippen LogP) is 6.10. The van der Waals surface area contributed by atoms with Crippen molar-refractivity contribution in [1.82, 2.24) is 9.88 Å². The summed E-state index contributed by atoms with van der Waals surface area (Å²) in [6, 6.07) is 15.1. The lowest BCUT2D eigenvalue weighted by atomic mass is 9.88. The van der Waals surface area contributed by atoms with E-state index >= 15 is 0 Å². The van der Waals surface area contributed by atoms with Crippen LogP contribution in [0.4, 0.5) is 0 Å². The molecule has 1 aliphatic rings. The van der Waals surface area contributed by atoms with Crippen molar-refractivity contribution in [2.45, 2.75) is 25.2 Å². The fourth-order valence-corrected chi connectivity index (χ4v) is 4.80. The van der Waals surface area contributed by atoms with E-state index in [-0.39, 0.29) is 0 Å². The first-order valence-corrected chi connectivity index (χ1v) is 10.5. The molecule has 4 aromatic rings. The van der Waals surface area contributed by atoms with Gasteiger partial charge in [-0.2, -0.15) is 0 Å². The van der Waals surface area contributed by atoms with Crippen molar-refractivity contribution in [3.05, 3.63) is 70.5 Å². The highest BCUT2D eigenvalue weighted by Gasteiger charge is 2.23. The first-order valence-electron chi connectivity index (χ1n) is 9.72. The second-order valence-electron chi connectivity index (χ2n) is 7.56. The zero-order valence-electron chi connectivity index (χ0n) is 15.2. The van der Waals surface area contributed by atoms with E-state index in [0.29, 0.717) is 5.92 Å². The van der Waals surface area contributed by atoms with Crippen molar-refractivity contribution in [1.29, 1.82) is 0 Å². The van der Waals surface area contributed by atoms with Crippen molar-refractivity contribution in [3.63, 3.8) is 0 Å². The summed E-state index contributed by atoms with van der Waals surface area (Å²) >= 11 is 3.59. The highest BCUT2D eigenvalue weighted by Crippen LogP contribution is 2.33. The van der Waals surface area contributed by atoms with Crippen LogP contribution in [0.2, 0.25) is 0 Å². The Hall–Kier alpha value is -2.04. The molecule has 0 unspecified atom stereocenters. The van der Waals surface area contributed by atoms with Gasteiger partial charge in [0.2, 0.25) is 0 Å². The van der Waals surface area contributed by atoms with Gasteiger partial charge in [-0.25, -0.2) is 0 Å². The number of aromatic nitrogens is 1. The SMILES string of the molecule is Brc1ccc2[nH]cc(CCN3CCC(c4cccc5ccoc45)CC3)c2c1. The number of fused-ring (bicyclic) bond motifs is 2. The third-order valence-corrected chi connectivity index (χ3v) is 6.46. The Morgan fingerprint density at radius 3 is 2.89 bits per heavy atom. The molecular weight excluding hydrogens is 400 g/mol. The maximum Gasteiger partial charge on any atom is 0.137 e. The Morgan fingerprint density at radius 1 is 1.11 bits per heavy atom. The molecule has 2 aromatic carbocycles. The Bertz CT molecular complexity index is 1070. The molecule has 0 spiro atoms. The maximum atomic E-state index is 5.76. The van der Waals surface area contributed by atoms with E-state index in [1.165, 1.54) is 40.3 Å². The van der Waals surface area contributed by atoms with Gasteiger partial charge in [0, 0.05) is 33.5 Å². The minimum atomic E-state index is 0.611. The molecule has 27 heavy (non-hydrogen) atoms. The van der Waals surface area contributed by atoms with Crippen LogP contribution in [0.15, 0.2) is 63.8 Å². The molecule has 0 amide bonds. The second kappa shape index (κ2) is 7.17. The van der Waals surface area contributed by atoms with Crippen LogP contribution in [-0.4, -0.2) is 29.5 Å². The van der Waals surface area contributed by atoms with Crippen molar-refractivity contribution in [2.24, 2.45) is 0 Å². The quantitative estimate of drug-likeness (QED) is 0.430. The number of hydrogen-bond donors (Lipinski definition) is 1. The highest BCUT2D eigenvalue weighted by molar-refractivity contribution is 9.10. The lowest BCUT2D eigenvalue weighted by Gasteiger charge is -2.32. The summed E-state index contributed by atoms with van der Waals surface area (Å²) in [5, 5.41) is 2.56. The Labute approximate surface area is 167 Å². The molecule has 0 aliphatic carbocycles. The predicted molar refractivity (Wildman–Crippen MR) is 114 cm³/mol. The van der Waals surface area contributed by atoms with Gasteiger partial charge in [0.05, 0.1) is 6.26 Å². The first kappa shape index (κ1) is 17.1. The van der Waals surface area contributed by atoms with Crippen molar-refractivity contribution in [3.8, 4) is 0 Å². The average Bonchev–Trinajstić information content (AvgIpc) is 3.33. The number of aromatic amines is 1. The number of likely N-dealkylation sites (tertiary alicyclic amines) is 1. The van der Waals surface area contributed by atoms with Gasteiger partial charge in [0.15, 0.2) is 0 Å². The van der Waals surface area contributed by atoms with Crippen molar-refractivity contribution >= 4 is 37.8 Å². The number of nitrogens with one attached hydrogen (secondary N) is 1. The summed E-state index contributed by atoms with van der Waals surface area (Å²) in [5.41, 5.74) is 5.10. The average molecular weight is 423 g/mol. The van der Waals surface area contributed by atoms with Crippen LogP contribution in [0, 0.1) is 0 Å². The van der Waals surface area contributed by atoms with E-state index in [0.717, 1.165) is 36.1 Å². The van der Waals surface area contributed by atoms with Crippen LogP contribution in [0.5, 0.6) is 0 Å². The number of piperidine rings is 1. The summed E-state index contributed by atoms with van der Waals surface area (Å²) in [5.74, 6) is 0.611. The molecule has 4 heteroatoms. The van der Waals surface area contributed by atoms with Crippen LogP contribution in [-0.2, 0) is 6.42 Å².